The van der Waals surface area contributed by atoms with Crippen LogP contribution in [-0.2, 0) is 12.8 Å². The summed E-state index contributed by atoms with van der Waals surface area (Å²) in [4.78, 5) is 0. The summed E-state index contributed by atoms with van der Waals surface area (Å²) in [5, 5.41) is 32.9. The summed E-state index contributed by atoms with van der Waals surface area (Å²) in [6.07, 6.45) is 11.3. The third-order valence-corrected chi connectivity index (χ3v) is 10.7. The van der Waals surface area contributed by atoms with Gasteiger partial charge in [-0.1, -0.05) is 79.7 Å². The van der Waals surface area contributed by atoms with E-state index < -0.39 is 5.92 Å². The van der Waals surface area contributed by atoms with Gasteiger partial charge in [-0.2, -0.15) is 15.8 Å². The Morgan fingerprint density at radius 3 is 2.16 bits per heavy atom. The Balaban J connectivity index is 1.23. The first-order chi connectivity index (χ1) is 25.1. The van der Waals surface area contributed by atoms with Crippen LogP contribution in [0.2, 0.25) is 0 Å². The summed E-state index contributed by atoms with van der Waals surface area (Å²) in [5.74, 6) is -0.0144. The van der Waals surface area contributed by atoms with Crippen LogP contribution in [0.1, 0.15) is 47.8 Å². The number of nitriles is 3. The monoisotopic (exact) mass is 655 g/mol. The molecule has 0 fully saturated rings. The quantitative estimate of drug-likeness (QED) is 0.189. The Bertz CT molecular complexity index is 2700. The molecular weight excluding hydrogens is 623 g/mol. The van der Waals surface area contributed by atoms with Gasteiger partial charge in [-0.15, -0.1) is 0 Å². The number of para-hydroxylation sites is 2. The number of hydrogen-bond acceptors (Lipinski definition) is 3. The fourth-order valence-electron chi connectivity index (χ4n) is 8.42. The van der Waals surface area contributed by atoms with Crippen LogP contribution in [0, 0.1) is 45.8 Å². The number of fused-ring (bicyclic) bond motifs is 6. The Morgan fingerprint density at radius 2 is 1.37 bits per heavy atom. The Labute approximate surface area is 297 Å². The lowest BCUT2D eigenvalue weighted by atomic mass is 9.84. The number of nitrogens with zero attached hydrogens (tertiary/aromatic N) is 5. The molecule has 2 heterocycles. The fourth-order valence-corrected chi connectivity index (χ4v) is 8.42. The van der Waals surface area contributed by atoms with Crippen LogP contribution < -0.4 is 0 Å². The molecule has 0 N–H and O–H groups in total. The zero-order chi connectivity index (χ0) is 34.6. The van der Waals surface area contributed by atoms with Crippen molar-refractivity contribution in [3.8, 4) is 35.0 Å². The first-order valence-electron chi connectivity index (χ1n) is 17.6. The molecule has 4 aromatic carbocycles. The number of benzene rings is 4. The lowest BCUT2D eigenvalue weighted by Crippen LogP contribution is -2.17. The molecule has 5 nitrogen and oxygen atoms in total. The van der Waals surface area contributed by atoms with Gasteiger partial charge in [-0.3, -0.25) is 0 Å². The van der Waals surface area contributed by atoms with Crippen LogP contribution in [-0.4, -0.2) is 9.13 Å². The highest BCUT2D eigenvalue weighted by molar-refractivity contribution is 6.01. The minimum absolute atomic E-state index is 0.358. The second-order valence-electron chi connectivity index (χ2n) is 13.8. The van der Waals surface area contributed by atoms with Crippen molar-refractivity contribution >= 4 is 45.2 Å². The molecule has 0 bridgehead atoms. The van der Waals surface area contributed by atoms with Gasteiger partial charge < -0.3 is 9.13 Å². The molecule has 2 aromatic heterocycles. The SMILES string of the molecule is CC1C=Cc2c(c3ccccc3n2-c2cccc(-c3cccc(C4=C(n5c6c(c7ccccc75)C=C(C#N)CC6)C(C#N)CC(C#N)=C4)c3)c2)C1. The molecule has 5 heteroatoms. The molecule has 0 saturated heterocycles. The van der Waals surface area contributed by atoms with E-state index >= 15 is 0 Å². The van der Waals surface area contributed by atoms with Crippen LogP contribution in [0.25, 0.3) is 62.0 Å². The zero-order valence-electron chi connectivity index (χ0n) is 28.3. The maximum absolute atomic E-state index is 10.6. The van der Waals surface area contributed by atoms with Crippen molar-refractivity contribution in [2.24, 2.45) is 11.8 Å². The van der Waals surface area contributed by atoms with Crippen LogP contribution in [0.5, 0.6) is 0 Å². The van der Waals surface area contributed by atoms with E-state index in [2.05, 4.69) is 131 Å². The van der Waals surface area contributed by atoms with Crippen molar-refractivity contribution < 1.29 is 0 Å². The van der Waals surface area contributed by atoms with Crippen molar-refractivity contribution in [3.63, 3.8) is 0 Å². The van der Waals surface area contributed by atoms with Gasteiger partial charge in [0.15, 0.2) is 0 Å². The lowest BCUT2D eigenvalue weighted by molar-refractivity contribution is 0.718. The van der Waals surface area contributed by atoms with Crippen molar-refractivity contribution in [2.45, 2.75) is 32.6 Å². The number of allylic oxidation sites excluding steroid dienone is 6. The summed E-state index contributed by atoms with van der Waals surface area (Å²) < 4.78 is 4.64. The molecule has 2 unspecified atom stereocenters. The van der Waals surface area contributed by atoms with E-state index in [0.29, 0.717) is 30.8 Å². The molecule has 0 radical (unpaired) electrons. The van der Waals surface area contributed by atoms with E-state index in [0.717, 1.165) is 67.8 Å². The van der Waals surface area contributed by atoms with Gasteiger partial charge in [0.2, 0.25) is 0 Å². The van der Waals surface area contributed by atoms with Gasteiger partial charge in [0.1, 0.15) is 0 Å². The van der Waals surface area contributed by atoms with E-state index in [1.54, 1.807) is 0 Å². The third kappa shape index (κ3) is 4.88. The Kier molecular flexibility index (Phi) is 7.20. The first-order valence-corrected chi connectivity index (χ1v) is 17.6. The largest absolute Gasteiger partial charge is 0.315 e. The molecule has 3 aliphatic rings. The predicted molar refractivity (Wildman–Crippen MR) is 205 cm³/mol. The van der Waals surface area contributed by atoms with Gasteiger partial charge in [-0.05, 0) is 96.0 Å². The molecular formula is C46H33N5. The van der Waals surface area contributed by atoms with E-state index in [1.807, 2.05) is 24.3 Å². The van der Waals surface area contributed by atoms with Crippen molar-refractivity contribution in [3.05, 3.63) is 148 Å². The standard InChI is InChI=1S/C46H33N5/c1-29-16-18-44-40(20-29)37-12-2-4-14-42(37)50(44)36-11-7-9-33(25-36)32-8-6-10-34(24-32)39-23-31(27-48)21-35(28-49)46(39)51-43-15-5-3-13-38(43)41-22-30(26-47)17-19-45(41)51/h2-16,18,22-25,29,35H,17,19-21H2,1H3. The highest BCUT2D eigenvalue weighted by Gasteiger charge is 2.31. The van der Waals surface area contributed by atoms with Gasteiger partial charge in [0.25, 0.3) is 0 Å². The third-order valence-electron chi connectivity index (χ3n) is 10.7. The average Bonchev–Trinajstić information content (AvgIpc) is 3.69. The molecule has 0 amide bonds. The summed E-state index contributed by atoms with van der Waals surface area (Å²) in [7, 11) is 0. The smallest absolute Gasteiger partial charge is 0.0947 e. The lowest BCUT2D eigenvalue weighted by Gasteiger charge is -2.27. The minimum Gasteiger partial charge on any atom is -0.315 e. The maximum atomic E-state index is 10.6. The van der Waals surface area contributed by atoms with Crippen LogP contribution in [0.3, 0.4) is 0 Å². The molecule has 242 valence electrons. The second-order valence-corrected chi connectivity index (χ2v) is 13.8. The topological polar surface area (TPSA) is 81.2 Å². The summed E-state index contributed by atoms with van der Waals surface area (Å²) in [6, 6.07) is 41.4. The van der Waals surface area contributed by atoms with E-state index in [9.17, 15) is 15.8 Å². The van der Waals surface area contributed by atoms with Gasteiger partial charge in [0.05, 0.1) is 35.2 Å². The molecule has 51 heavy (non-hydrogen) atoms. The molecule has 0 saturated carbocycles. The first kappa shape index (κ1) is 30.4. The van der Waals surface area contributed by atoms with Gasteiger partial charge in [0, 0.05) is 62.2 Å². The molecule has 2 atom stereocenters. The fraction of sp³-hybridized carbons (Fsp3) is 0.152. The van der Waals surface area contributed by atoms with Crippen LogP contribution in [0.4, 0.5) is 0 Å². The van der Waals surface area contributed by atoms with Crippen LogP contribution >= 0.6 is 0 Å². The van der Waals surface area contributed by atoms with Crippen molar-refractivity contribution in [1.82, 2.24) is 9.13 Å². The average molecular weight is 656 g/mol. The Morgan fingerprint density at radius 1 is 0.667 bits per heavy atom. The summed E-state index contributed by atoms with van der Waals surface area (Å²) >= 11 is 0. The second kappa shape index (κ2) is 12.1. The van der Waals surface area contributed by atoms with E-state index in [1.165, 1.54) is 22.2 Å². The van der Waals surface area contributed by atoms with Gasteiger partial charge in [-0.25, -0.2) is 0 Å². The minimum atomic E-state index is -0.517. The summed E-state index contributed by atoms with van der Waals surface area (Å²) in [5.41, 5.74) is 14.3. The molecule has 3 aliphatic carbocycles. The molecule has 0 spiro atoms. The molecule has 0 aliphatic heterocycles. The molecule has 6 aromatic rings. The number of rotatable bonds is 4. The molecule has 9 rings (SSSR count). The van der Waals surface area contributed by atoms with E-state index in [4.69, 9.17) is 0 Å². The van der Waals surface area contributed by atoms with Crippen LogP contribution in [0.15, 0.2) is 120 Å². The number of aromatic nitrogens is 2. The zero-order valence-corrected chi connectivity index (χ0v) is 28.3. The normalized spacial score (nSPS) is 18.0. The highest BCUT2D eigenvalue weighted by atomic mass is 15.0. The Hall–Kier alpha value is -6.61. The predicted octanol–water partition coefficient (Wildman–Crippen LogP) is 10.7. The maximum Gasteiger partial charge on any atom is 0.0947 e. The number of hydrogen-bond donors (Lipinski definition) is 0. The van der Waals surface area contributed by atoms with Crippen molar-refractivity contribution in [2.75, 3.05) is 0 Å². The van der Waals surface area contributed by atoms with Crippen molar-refractivity contribution in [1.29, 1.82) is 15.8 Å². The van der Waals surface area contributed by atoms with E-state index in [-0.39, 0.29) is 0 Å². The summed E-state index contributed by atoms with van der Waals surface area (Å²) in [6.45, 7) is 2.27. The van der Waals surface area contributed by atoms with Gasteiger partial charge >= 0.3 is 0 Å². The highest BCUT2D eigenvalue weighted by Crippen LogP contribution is 2.44.